The highest BCUT2D eigenvalue weighted by Gasteiger charge is 2.37. The summed E-state index contributed by atoms with van der Waals surface area (Å²) in [6.07, 6.45) is 0.544. The van der Waals surface area contributed by atoms with Gasteiger partial charge in [-0.05, 0) is 24.0 Å². The number of carboxylic acids is 1. The van der Waals surface area contributed by atoms with Crippen molar-refractivity contribution in [1.29, 1.82) is 0 Å². The van der Waals surface area contributed by atoms with E-state index in [1.807, 2.05) is 30.3 Å². The summed E-state index contributed by atoms with van der Waals surface area (Å²) in [7, 11) is 0. The Morgan fingerprint density at radius 3 is 2.36 bits per heavy atom. The number of hydrogen-bond acceptors (Lipinski definition) is 4. The second-order valence-corrected chi connectivity index (χ2v) is 6.58. The van der Waals surface area contributed by atoms with Gasteiger partial charge in [-0.1, -0.05) is 60.7 Å². The van der Waals surface area contributed by atoms with Crippen LogP contribution in [-0.4, -0.2) is 40.6 Å². The molecule has 3 rings (SSSR count). The van der Waals surface area contributed by atoms with Crippen molar-refractivity contribution in [3.63, 3.8) is 0 Å². The summed E-state index contributed by atoms with van der Waals surface area (Å²) in [5.74, 6) is -1.65. The van der Waals surface area contributed by atoms with E-state index in [9.17, 15) is 19.5 Å². The van der Waals surface area contributed by atoms with Gasteiger partial charge in [0.15, 0.2) is 6.04 Å². The van der Waals surface area contributed by atoms with Crippen molar-refractivity contribution in [2.24, 2.45) is 0 Å². The molecule has 1 heterocycles. The molecule has 2 N–H and O–H groups in total. The van der Waals surface area contributed by atoms with Crippen LogP contribution in [0.3, 0.4) is 0 Å². The predicted molar refractivity (Wildman–Crippen MR) is 101 cm³/mol. The number of ether oxygens (including phenoxy) is 1. The molecule has 146 valence electrons. The van der Waals surface area contributed by atoms with Crippen molar-refractivity contribution in [3.8, 4) is 0 Å². The third kappa shape index (κ3) is 4.68. The van der Waals surface area contributed by atoms with Crippen LogP contribution in [0.4, 0.5) is 4.79 Å². The summed E-state index contributed by atoms with van der Waals surface area (Å²) in [5, 5.41) is 12.0. The molecule has 7 nitrogen and oxygen atoms in total. The maximum absolute atomic E-state index is 12.7. The lowest BCUT2D eigenvalue weighted by atomic mass is 10.1. The smallest absolute Gasteiger partial charge is 0.410 e. The Kier molecular flexibility index (Phi) is 6.26. The fourth-order valence-corrected chi connectivity index (χ4v) is 3.23. The number of nitrogens with zero attached hydrogens (tertiary/aromatic N) is 1. The van der Waals surface area contributed by atoms with E-state index in [-0.39, 0.29) is 6.61 Å². The zero-order valence-electron chi connectivity index (χ0n) is 15.3. The molecule has 0 radical (unpaired) electrons. The number of nitrogens with one attached hydrogen (secondary N) is 1. The summed E-state index contributed by atoms with van der Waals surface area (Å²) >= 11 is 0. The third-order valence-corrected chi connectivity index (χ3v) is 4.66. The summed E-state index contributed by atoms with van der Waals surface area (Å²) in [5.41, 5.74) is 1.32. The van der Waals surface area contributed by atoms with Crippen LogP contribution < -0.4 is 5.32 Å². The van der Waals surface area contributed by atoms with E-state index in [1.165, 1.54) is 4.90 Å². The number of benzene rings is 2. The summed E-state index contributed by atoms with van der Waals surface area (Å²) in [4.78, 5) is 38.1. The second-order valence-electron chi connectivity index (χ2n) is 6.58. The number of hydrogen-bond donors (Lipinski definition) is 2. The third-order valence-electron chi connectivity index (χ3n) is 4.66. The summed E-state index contributed by atoms with van der Waals surface area (Å²) in [6, 6.07) is 15.8. The van der Waals surface area contributed by atoms with Crippen molar-refractivity contribution in [1.82, 2.24) is 10.2 Å². The first-order valence-electron chi connectivity index (χ1n) is 9.11. The van der Waals surface area contributed by atoms with Gasteiger partial charge in [-0.3, -0.25) is 9.69 Å². The molecule has 2 atom stereocenters. The lowest BCUT2D eigenvalue weighted by molar-refractivity contribution is -0.142. The highest BCUT2D eigenvalue weighted by Crippen LogP contribution is 2.21. The molecule has 2 amide bonds. The SMILES string of the molecule is O=C(O)[C@@H](NC(=O)[C@@H]1CCCN1C(=O)OCc1ccccc1)c1ccccc1. The molecule has 0 saturated carbocycles. The average Bonchev–Trinajstić information content (AvgIpc) is 3.21. The van der Waals surface area contributed by atoms with E-state index in [4.69, 9.17) is 4.74 Å². The Bertz CT molecular complexity index is 825. The van der Waals surface area contributed by atoms with E-state index in [2.05, 4.69) is 5.32 Å². The Hall–Kier alpha value is -3.35. The molecule has 0 aliphatic carbocycles. The standard InChI is InChI=1S/C21H22N2O5/c24-19(22-18(20(25)26)16-10-5-2-6-11-16)17-12-7-13-23(17)21(27)28-14-15-8-3-1-4-9-15/h1-6,8-11,17-18H,7,12-14H2,(H,22,24)(H,25,26)/t17-,18-/m0/s1. The first-order chi connectivity index (χ1) is 13.6. The van der Waals surface area contributed by atoms with Gasteiger partial charge in [-0.15, -0.1) is 0 Å². The zero-order chi connectivity index (χ0) is 19.9. The monoisotopic (exact) mass is 382 g/mol. The Morgan fingerprint density at radius 2 is 1.71 bits per heavy atom. The maximum atomic E-state index is 12.7. The molecule has 1 saturated heterocycles. The van der Waals surface area contributed by atoms with Gasteiger partial charge in [0.1, 0.15) is 12.6 Å². The molecule has 0 bridgehead atoms. The van der Waals surface area contributed by atoms with E-state index in [0.717, 1.165) is 5.56 Å². The van der Waals surface area contributed by atoms with Crippen molar-refractivity contribution < 1.29 is 24.2 Å². The lowest BCUT2D eigenvalue weighted by Crippen LogP contribution is -2.48. The number of carbonyl (C=O) groups excluding carboxylic acids is 2. The second kappa shape index (κ2) is 9.03. The minimum atomic E-state index is -1.17. The Balaban J connectivity index is 1.63. The molecule has 0 unspecified atom stereocenters. The number of likely N-dealkylation sites (tertiary alicyclic amines) is 1. The molecular weight excluding hydrogens is 360 g/mol. The highest BCUT2D eigenvalue weighted by atomic mass is 16.6. The van der Waals surface area contributed by atoms with Crippen molar-refractivity contribution in [2.45, 2.75) is 31.5 Å². The van der Waals surface area contributed by atoms with Gasteiger partial charge in [-0.2, -0.15) is 0 Å². The fraction of sp³-hybridized carbons (Fsp3) is 0.286. The highest BCUT2D eigenvalue weighted by molar-refractivity contribution is 5.90. The first kappa shape index (κ1) is 19.4. The number of carboxylic acid groups (broad SMARTS) is 1. The molecule has 1 aliphatic rings. The largest absolute Gasteiger partial charge is 0.479 e. The van der Waals surface area contributed by atoms with Gasteiger partial charge in [0.05, 0.1) is 0 Å². The van der Waals surface area contributed by atoms with Gasteiger partial charge < -0.3 is 15.2 Å². The van der Waals surface area contributed by atoms with Crippen LogP contribution in [0.2, 0.25) is 0 Å². The number of amides is 2. The Morgan fingerprint density at radius 1 is 1.07 bits per heavy atom. The first-order valence-corrected chi connectivity index (χ1v) is 9.11. The van der Waals surface area contributed by atoms with Crippen molar-refractivity contribution in [3.05, 3.63) is 71.8 Å². The topological polar surface area (TPSA) is 95.9 Å². The molecular formula is C21H22N2O5. The summed E-state index contributed by atoms with van der Waals surface area (Å²) in [6.45, 7) is 0.515. The van der Waals surface area contributed by atoms with Crippen LogP contribution in [-0.2, 0) is 20.9 Å². The van der Waals surface area contributed by atoms with Crippen LogP contribution in [0.5, 0.6) is 0 Å². The van der Waals surface area contributed by atoms with E-state index < -0.39 is 30.1 Å². The average molecular weight is 382 g/mol. The van der Waals surface area contributed by atoms with Gasteiger partial charge >= 0.3 is 12.1 Å². The van der Waals surface area contributed by atoms with E-state index in [0.29, 0.717) is 24.9 Å². The van der Waals surface area contributed by atoms with Crippen molar-refractivity contribution in [2.75, 3.05) is 6.54 Å². The maximum Gasteiger partial charge on any atom is 0.410 e. The molecule has 7 heteroatoms. The summed E-state index contributed by atoms with van der Waals surface area (Å²) < 4.78 is 5.32. The van der Waals surface area contributed by atoms with E-state index >= 15 is 0 Å². The number of carbonyl (C=O) groups is 3. The van der Waals surface area contributed by atoms with E-state index in [1.54, 1.807) is 30.3 Å². The molecule has 1 fully saturated rings. The number of rotatable bonds is 6. The van der Waals surface area contributed by atoms with Crippen molar-refractivity contribution >= 4 is 18.0 Å². The molecule has 28 heavy (non-hydrogen) atoms. The van der Waals surface area contributed by atoms with Gasteiger partial charge in [-0.25, -0.2) is 9.59 Å². The van der Waals surface area contributed by atoms with Crippen LogP contribution in [0.25, 0.3) is 0 Å². The van der Waals surface area contributed by atoms with Gasteiger partial charge in [0, 0.05) is 6.54 Å². The normalized spacial score (nSPS) is 17.0. The van der Waals surface area contributed by atoms with Crippen LogP contribution in [0, 0.1) is 0 Å². The number of aliphatic carboxylic acids is 1. The van der Waals surface area contributed by atoms with Crippen LogP contribution >= 0.6 is 0 Å². The molecule has 0 aromatic heterocycles. The Labute approximate surface area is 162 Å². The van der Waals surface area contributed by atoms with Crippen LogP contribution in [0.15, 0.2) is 60.7 Å². The lowest BCUT2D eigenvalue weighted by Gasteiger charge is -2.25. The van der Waals surface area contributed by atoms with Gasteiger partial charge in [0.25, 0.3) is 0 Å². The molecule has 1 aliphatic heterocycles. The minimum Gasteiger partial charge on any atom is -0.479 e. The molecule has 2 aromatic rings. The fourth-order valence-electron chi connectivity index (χ4n) is 3.23. The van der Waals surface area contributed by atoms with Gasteiger partial charge in [0.2, 0.25) is 5.91 Å². The zero-order valence-corrected chi connectivity index (χ0v) is 15.3. The van der Waals surface area contributed by atoms with Crippen LogP contribution in [0.1, 0.15) is 30.0 Å². The molecule has 2 aromatic carbocycles. The minimum absolute atomic E-state index is 0.117. The predicted octanol–water partition coefficient (Wildman–Crippen LogP) is 2.73. The molecule has 0 spiro atoms. The quantitative estimate of drug-likeness (QED) is 0.801.